The Morgan fingerprint density at radius 3 is 2.27 bits per heavy atom. The molecule has 1 rings (SSSR count). The summed E-state index contributed by atoms with van der Waals surface area (Å²) in [5.74, 6) is 0.953. The number of hydrogen-bond donors (Lipinski definition) is 0. The van der Waals surface area contributed by atoms with Gasteiger partial charge in [-0.15, -0.1) is 5.75 Å². The quantitative estimate of drug-likeness (QED) is 0.684. The minimum absolute atomic E-state index is 0.249. The minimum atomic E-state index is -0.249. The Morgan fingerprint density at radius 2 is 1.73 bits per heavy atom. The fourth-order valence-electron chi connectivity index (χ4n) is 0.846. The molecule has 0 aliphatic carbocycles. The maximum absolute atomic E-state index is 4.92. The number of benzene rings is 1. The molecule has 1 aromatic rings. The van der Waals surface area contributed by atoms with Gasteiger partial charge in [-0.25, -0.2) is 0 Å². The van der Waals surface area contributed by atoms with Crippen LogP contribution in [0.2, 0.25) is 0 Å². The van der Waals surface area contributed by atoms with Crippen molar-refractivity contribution in [2.75, 3.05) is 5.75 Å². The zero-order valence-electron chi connectivity index (χ0n) is 6.03. The predicted octanol–water partition coefficient (Wildman–Crippen LogP) is 1.77. The number of hydrogen-bond acceptors (Lipinski definition) is 3. The Labute approximate surface area is 78.5 Å². The highest BCUT2D eigenvalue weighted by Crippen LogP contribution is 1.98. The van der Waals surface area contributed by atoms with Crippen molar-refractivity contribution in [3.63, 3.8) is 0 Å². The Hall–Kier alpha value is 0.01000. The monoisotopic (exact) mass is 201 g/mol. The van der Waals surface area contributed by atoms with Crippen molar-refractivity contribution in [1.82, 2.24) is 0 Å². The lowest BCUT2D eigenvalue weighted by atomic mass is 10.2. The van der Waals surface area contributed by atoms with Gasteiger partial charge in [0.2, 0.25) is 0 Å². The van der Waals surface area contributed by atoms with Crippen LogP contribution in [0.1, 0.15) is 5.56 Å². The maximum atomic E-state index is 4.92. The summed E-state index contributed by atoms with van der Waals surface area (Å²) in [6.07, 6.45) is 1.02. The first-order chi connectivity index (χ1) is 5.29. The van der Waals surface area contributed by atoms with Crippen LogP contribution in [0.25, 0.3) is 0 Å². The molecule has 11 heavy (non-hydrogen) atoms. The summed E-state index contributed by atoms with van der Waals surface area (Å²) in [4.78, 5) is 0. The third kappa shape index (κ3) is 3.79. The topological polar surface area (TPSA) is 0 Å². The van der Waals surface area contributed by atoms with Crippen LogP contribution in [-0.4, -0.2) is 5.75 Å². The second-order valence-corrected chi connectivity index (χ2v) is 6.31. The molecule has 0 bridgehead atoms. The summed E-state index contributed by atoms with van der Waals surface area (Å²) >= 11 is 9.84. The lowest BCUT2D eigenvalue weighted by molar-refractivity contribution is 1.16. The van der Waals surface area contributed by atoms with Crippen molar-refractivity contribution in [2.24, 2.45) is 0 Å². The molecular weight excluding hydrogens is 192 g/mol. The van der Waals surface area contributed by atoms with E-state index in [2.05, 4.69) is 12.1 Å². The van der Waals surface area contributed by atoms with Crippen molar-refractivity contribution in [2.45, 2.75) is 6.42 Å². The van der Waals surface area contributed by atoms with Crippen LogP contribution in [0.4, 0.5) is 0 Å². The first kappa shape index (κ1) is 9.10. The molecule has 0 saturated carbocycles. The van der Waals surface area contributed by atoms with Gasteiger partial charge >= 0.3 is 0 Å². The van der Waals surface area contributed by atoms with Crippen molar-refractivity contribution in [1.29, 1.82) is 0 Å². The zero-order chi connectivity index (χ0) is 8.10. The van der Waals surface area contributed by atoms with Crippen LogP contribution < -0.4 is 0 Å². The van der Waals surface area contributed by atoms with Gasteiger partial charge in [0.1, 0.15) is 0 Å². The van der Waals surface area contributed by atoms with Crippen LogP contribution in [0.15, 0.2) is 30.3 Å². The van der Waals surface area contributed by atoms with Crippen molar-refractivity contribution in [3.8, 4) is 0 Å². The molecule has 0 atom stereocenters. The van der Waals surface area contributed by atoms with E-state index in [1.807, 2.05) is 18.2 Å². The molecule has 0 spiro atoms. The third-order valence-electron chi connectivity index (χ3n) is 1.40. The van der Waals surface area contributed by atoms with Gasteiger partial charge in [-0.3, -0.25) is 22.4 Å². The average Bonchev–Trinajstić information content (AvgIpc) is 2.03. The minimum Gasteiger partial charge on any atom is -0.347 e. The number of rotatable bonds is 3. The molecule has 0 N–H and O–H groups in total. The molecule has 0 amide bonds. The Morgan fingerprint density at radius 1 is 1.09 bits per heavy atom. The summed E-state index contributed by atoms with van der Waals surface area (Å²) in [5.41, 5.74) is 1.33. The maximum Gasteiger partial charge on any atom is -0.0455 e. The third-order valence-corrected chi connectivity index (χ3v) is 2.94. The van der Waals surface area contributed by atoms with E-state index in [-0.39, 0.29) is 8.01 Å². The van der Waals surface area contributed by atoms with Gasteiger partial charge in [0, 0.05) is 0 Å². The lowest BCUT2D eigenvalue weighted by Crippen LogP contribution is -1.90. The van der Waals surface area contributed by atoms with E-state index in [9.17, 15) is 0 Å². The van der Waals surface area contributed by atoms with Crippen LogP contribution in [-0.2, 0) is 36.8 Å². The molecular formula is C8H9S3-. The van der Waals surface area contributed by atoms with Crippen molar-refractivity contribution >= 4 is 30.4 Å². The van der Waals surface area contributed by atoms with Gasteiger partial charge in [-0.05, 0) is 12.0 Å². The normalized spacial score (nSPS) is 10.3. The first-order valence-corrected chi connectivity index (χ1v) is 6.63. The van der Waals surface area contributed by atoms with Crippen LogP contribution in [0, 0.1) is 0 Å². The van der Waals surface area contributed by atoms with E-state index in [1.165, 1.54) is 5.56 Å². The Balaban J connectivity index is 2.52. The van der Waals surface area contributed by atoms with Crippen LogP contribution >= 0.6 is 0 Å². The summed E-state index contributed by atoms with van der Waals surface area (Å²) in [6, 6.07) is 10.3. The second-order valence-electron chi connectivity index (χ2n) is 2.24. The van der Waals surface area contributed by atoms with Gasteiger partial charge in [0.25, 0.3) is 0 Å². The molecule has 0 aromatic heterocycles. The summed E-state index contributed by atoms with van der Waals surface area (Å²) in [5, 5.41) is 0. The largest absolute Gasteiger partial charge is 0.347 e. The fraction of sp³-hybridized carbons (Fsp3) is 0.250. The van der Waals surface area contributed by atoms with Gasteiger partial charge in [0.15, 0.2) is 0 Å². The van der Waals surface area contributed by atoms with Crippen molar-refractivity contribution in [3.05, 3.63) is 35.9 Å². The van der Waals surface area contributed by atoms with Gasteiger partial charge in [-0.2, -0.15) is 0 Å². The molecule has 0 heterocycles. The predicted molar refractivity (Wildman–Crippen MR) is 57.1 cm³/mol. The van der Waals surface area contributed by atoms with Crippen LogP contribution in [0.5, 0.6) is 0 Å². The molecule has 0 unspecified atom stereocenters. The molecule has 0 aliphatic heterocycles. The summed E-state index contributed by atoms with van der Waals surface area (Å²) in [6.45, 7) is 0. The molecule has 3 heteroatoms. The molecule has 0 aliphatic rings. The van der Waals surface area contributed by atoms with Gasteiger partial charge in [-0.1, -0.05) is 30.3 Å². The molecule has 1 aromatic carbocycles. The van der Waals surface area contributed by atoms with Gasteiger partial charge in [0.05, 0.1) is 0 Å². The first-order valence-electron chi connectivity index (χ1n) is 3.39. The fourth-order valence-corrected chi connectivity index (χ4v) is 1.75. The van der Waals surface area contributed by atoms with Gasteiger partial charge < -0.3 is 8.01 Å². The summed E-state index contributed by atoms with van der Waals surface area (Å²) < 4.78 is 0. The van der Waals surface area contributed by atoms with E-state index < -0.39 is 0 Å². The molecule has 0 nitrogen and oxygen atoms in total. The Bertz CT molecular complexity index is 267. The van der Waals surface area contributed by atoms with E-state index in [1.54, 1.807) is 0 Å². The highest BCUT2D eigenvalue weighted by atomic mass is 33.1. The lowest BCUT2D eigenvalue weighted by Gasteiger charge is -2.02. The zero-order valence-corrected chi connectivity index (χ0v) is 8.48. The molecule has 0 saturated heterocycles. The molecule has 0 radical (unpaired) electrons. The second kappa shape index (κ2) is 4.80. The Kier molecular flexibility index (Phi) is 3.97. The van der Waals surface area contributed by atoms with Crippen LogP contribution in [0.3, 0.4) is 0 Å². The van der Waals surface area contributed by atoms with Crippen molar-refractivity contribution < 1.29 is 0 Å². The average molecular weight is 201 g/mol. The van der Waals surface area contributed by atoms with E-state index in [4.69, 9.17) is 22.4 Å². The SMILES string of the molecule is S=[S-](=S)CCc1ccccc1. The highest BCUT2D eigenvalue weighted by Gasteiger charge is 1.84. The summed E-state index contributed by atoms with van der Waals surface area (Å²) in [7, 11) is -0.249. The smallest absolute Gasteiger partial charge is 0.0455 e. The molecule has 60 valence electrons. The molecule has 0 fully saturated rings. The standard InChI is InChI=1S/C8H9S3/c9-11(10)7-6-8-4-2-1-3-5-8/h1-5H,6-7H2/q-1. The van der Waals surface area contributed by atoms with E-state index in [0.717, 1.165) is 12.2 Å². The van der Waals surface area contributed by atoms with E-state index >= 15 is 0 Å². The number of aryl methyl sites for hydroxylation is 1. The highest BCUT2D eigenvalue weighted by molar-refractivity contribution is 8.46. The van der Waals surface area contributed by atoms with E-state index in [0.29, 0.717) is 0 Å².